The van der Waals surface area contributed by atoms with Crippen LogP contribution in [0.4, 0.5) is 0 Å². The lowest BCUT2D eigenvalue weighted by Gasteiger charge is -2.32. The van der Waals surface area contributed by atoms with Crippen LogP contribution in [0.2, 0.25) is 18.1 Å². The molecule has 0 aliphatic carbocycles. The van der Waals surface area contributed by atoms with E-state index in [0.717, 1.165) is 44.0 Å². The van der Waals surface area contributed by atoms with Crippen molar-refractivity contribution in [1.29, 1.82) is 0 Å². The molecule has 0 rings (SSSR count). The topological polar surface area (TPSA) is 58.9 Å². The third kappa shape index (κ3) is 9.60. The molecule has 5 heteroatoms. The number of ether oxygens (including phenoxy) is 1. The van der Waals surface area contributed by atoms with Gasteiger partial charge in [-0.25, -0.2) is 0 Å². The van der Waals surface area contributed by atoms with Gasteiger partial charge >= 0.3 is 0 Å². The molecular weight excluding hydrogens is 296 g/mol. The summed E-state index contributed by atoms with van der Waals surface area (Å²) in [6.07, 6.45) is 10.8. The Morgan fingerprint density at radius 1 is 1.00 bits per heavy atom. The van der Waals surface area contributed by atoms with Crippen molar-refractivity contribution >= 4 is 8.32 Å². The highest BCUT2D eigenvalue weighted by atomic mass is 28.4. The molecule has 0 bridgehead atoms. The molecule has 4 nitrogen and oxygen atoms in total. The minimum absolute atomic E-state index is 0.0702. The van der Waals surface area contributed by atoms with E-state index in [1.807, 2.05) is 5.92 Å². The van der Waals surface area contributed by atoms with E-state index in [-0.39, 0.29) is 6.42 Å². The summed E-state index contributed by atoms with van der Waals surface area (Å²) >= 11 is 0. The van der Waals surface area contributed by atoms with Crippen molar-refractivity contribution in [3.05, 3.63) is 0 Å². The molecule has 0 radical (unpaired) electrons. The summed E-state index contributed by atoms with van der Waals surface area (Å²) in [6, 6.07) is 3.33. The Labute approximate surface area is 137 Å². The smallest absolute Gasteiger partial charge is 0.230 e. The van der Waals surface area contributed by atoms with E-state index in [1.54, 1.807) is 7.11 Å². The highest BCUT2D eigenvalue weighted by Crippen LogP contribution is 2.29. The predicted molar refractivity (Wildman–Crippen MR) is 93.1 cm³/mol. The lowest BCUT2D eigenvalue weighted by Crippen LogP contribution is -2.40. The molecule has 0 aliphatic heterocycles. The van der Waals surface area contributed by atoms with Gasteiger partial charge in [0.2, 0.25) is 5.79 Å². The zero-order chi connectivity index (χ0) is 16.9. The zero-order valence-corrected chi connectivity index (χ0v) is 15.6. The van der Waals surface area contributed by atoms with E-state index in [2.05, 4.69) is 13.8 Å². The van der Waals surface area contributed by atoms with Gasteiger partial charge in [-0.1, -0.05) is 39.5 Å². The molecule has 0 aromatic heterocycles. The summed E-state index contributed by atoms with van der Waals surface area (Å²) in [4.78, 5) is 0. The van der Waals surface area contributed by atoms with Crippen molar-refractivity contribution < 1.29 is 19.4 Å². The van der Waals surface area contributed by atoms with Gasteiger partial charge in [0.1, 0.15) is 0 Å². The molecule has 0 fully saturated rings. The van der Waals surface area contributed by atoms with Gasteiger partial charge in [0.15, 0.2) is 8.32 Å². The standard InChI is InChI=1S/C17H34O4Si/c1-5-8-14-22(15-9-6-2,16-10-12-20-4)21-13-11-17(18,19)7-3/h3,18-19H,5-6,8-16H2,1-2,4H3. The van der Waals surface area contributed by atoms with E-state index < -0.39 is 14.1 Å². The number of aliphatic hydroxyl groups is 2. The summed E-state index contributed by atoms with van der Waals surface area (Å²) in [5.41, 5.74) is 0. The van der Waals surface area contributed by atoms with E-state index in [9.17, 15) is 10.2 Å². The highest BCUT2D eigenvalue weighted by Gasteiger charge is 2.34. The van der Waals surface area contributed by atoms with Gasteiger partial charge in [0, 0.05) is 26.7 Å². The molecule has 0 heterocycles. The van der Waals surface area contributed by atoms with Crippen LogP contribution in [-0.2, 0) is 9.16 Å². The largest absolute Gasteiger partial charge is 0.417 e. The van der Waals surface area contributed by atoms with Crippen LogP contribution in [0.15, 0.2) is 0 Å². The molecule has 0 unspecified atom stereocenters. The van der Waals surface area contributed by atoms with Crippen molar-refractivity contribution in [3.8, 4) is 12.3 Å². The maximum absolute atomic E-state index is 9.52. The first-order valence-corrected chi connectivity index (χ1v) is 11.0. The second-order valence-electron chi connectivity index (χ2n) is 6.05. The molecular formula is C17H34O4Si. The van der Waals surface area contributed by atoms with E-state index >= 15 is 0 Å². The van der Waals surface area contributed by atoms with E-state index in [1.165, 1.54) is 12.8 Å². The van der Waals surface area contributed by atoms with Gasteiger partial charge in [0.05, 0.1) is 0 Å². The number of rotatable bonds is 14. The molecule has 0 saturated carbocycles. The molecule has 0 aliphatic rings. The normalized spacial score (nSPS) is 12.4. The van der Waals surface area contributed by atoms with Crippen LogP contribution in [0.5, 0.6) is 0 Å². The fourth-order valence-corrected chi connectivity index (χ4v) is 7.11. The van der Waals surface area contributed by atoms with E-state index in [4.69, 9.17) is 15.6 Å². The van der Waals surface area contributed by atoms with Crippen molar-refractivity contribution in [1.82, 2.24) is 0 Å². The Kier molecular flexibility index (Phi) is 11.9. The fraction of sp³-hybridized carbons (Fsp3) is 0.882. The quantitative estimate of drug-likeness (QED) is 0.222. The van der Waals surface area contributed by atoms with Gasteiger partial charge in [0.25, 0.3) is 0 Å². The second kappa shape index (κ2) is 12.1. The Balaban J connectivity index is 4.70. The first-order valence-electron chi connectivity index (χ1n) is 8.50. The maximum atomic E-state index is 9.52. The molecule has 0 aromatic carbocycles. The first kappa shape index (κ1) is 21.6. The van der Waals surface area contributed by atoms with Crippen LogP contribution in [0.3, 0.4) is 0 Å². The zero-order valence-electron chi connectivity index (χ0n) is 14.6. The first-order chi connectivity index (χ1) is 10.4. The van der Waals surface area contributed by atoms with Gasteiger partial charge in [-0.05, 0) is 30.5 Å². The van der Waals surface area contributed by atoms with Crippen molar-refractivity contribution in [2.75, 3.05) is 20.3 Å². The van der Waals surface area contributed by atoms with Gasteiger partial charge in [-0.15, -0.1) is 6.42 Å². The number of hydrogen-bond donors (Lipinski definition) is 2. The number of unbranched alkanes of at least 4 members (excludes halogenated alkanes) is 2. The van der Waals surface area contributed by atoms with Crippen molar-refractivity contribution in [3.63, 3.8) is 0 Å². The van der Waals surface area contributed by atoms with Gasteiger partial charge in [-0.3, -0.25) is 0 Å². The molecule has 22 heavy (non-hydrogen) atoms. The predicted octanol–water partition coefficient (Wildman–Crippen LogP) is 3.29. The highest BCUT2D eigenvalue weighted by molar-refractivity contribution is 6.73. The number of methoxy groups -OCH3 is 1. The molecule has 0 spiro atoms. The minimum atomic E-state index is -2.05. The summed E-state index contributed by atoms with van der Waals surface area (Å²) in [7, 11) is -0.135. The minimum Gasteiger partial charge on any atom is -0.417 e. The summed E-state index contributed by atoms with van der Waals surface area (Å²) < 4.78 is 11.5. The molecule has 0 amide bonds. The van der Waals surface area contributed by atoms with Crippen LogP contribution >= 0.6 is 0 Å². The Bertz CT molecular complexity index is 304. The lowest BCUT2D eigenvalue weighted by molar-refractivity contribution is -0.119. The number of hydrogen-bond acceptors (Lipinski definition) is 4. The van der Waals surface area contributed by atoms with Crippen molar-refractivity contribution in [2.45, 2.75) is 76.3 Å². The van der Waals surface area contributed by atoms with Crippen LogP contribution in [0, 0.1) is 12.3 Å². The van der Waals surface area contributed by atoms with E-state index in [0.29, 0.717) is 6.61 Å². The Hall–Kier alpha value is -0.383. The van der Waals surface area contributed by atoms with Crippen molar-refractivity contribution in [2.24, 2.45) is 0 Å². The molecule has 0 saturated heterocycles. The SMILES string of the molecule is C#CC(O)(O)CCO[Si](CCCC)(CCCC)CCCOC. The maximum Gasteiger partial charge on any atom is 0.230 e. The van der Waals surface area contributed by atoms with Crippen LogP contribution in [0.1, 0.15) is 52.4 Å². The Morgan fingerprint density at radius 3 is 2.00 bits per heavy atom. The summed E-state index contributed by atoms with van der Waals surface area (Å²) in [6.45, 7) is 5.46. The number of terminal acetylenes is 1. The fourth-order valence-electron chi connectivity index (χ4n) is 2.61. The molecule has 0 atom stereocenters. The lowest BCUT2D eigenvalue weighted by atomic mass is 10.2. The molecule has 0 aromatic rings. The second-order valence-corrected chi connectivity index (χ2v) is 10.2. The van der Waals surface area contributed by atoms with Crippen LogP contribution in [0.25, 0.3) is 0 Å². The molecule has 2 N–H and O–H groups in total. The summed E-state index contributed by atoms with van der Waals surface area (Å²) in [5.74, 6) is -0.0606. The van der Waals surface area contributed by atoms with Crippen LogP contribution < -0.4 is 0 Å². The average molecular weight is 331 g/mol. The monoisotopic (exact) mass is 330 g/mol. The third-order valence-electron chi connectivity index (χ3n) is 4.04. The van der Waals surface area contributed by atoms with Gasteiger partial charge < -0.3 is 19.4 Å². The third-order valence-corrected chi connectivity index (χ3v) is 8.65. The average Bonchev–Trinajstić information content (AvgIpc) is 2.50. The Morgan fingerprint density at radius 2 is 1.55 bits per heavy atom. The molecule has 130 valence electrons. The van der Waals surface area contributed by atoms with Crippen LogP contribution in [-0.4, -0.2) is 44.6 Å². The summed E-state index contributed by atoms with van der Waals surface area (Å²) in [5, 5.41) is 19.0. The van der Waals surface area contributed by atoms with Gasteiger partial charge in [-0.2, -0.15) is 0 Å².